The molecule has 0 N–H and O–H groups in total. The molecule has 3 rings (SSSR count). The number of hydrogen-bond donors (Lipinski definition) is 0. The maximum absolute atomic E-state index is 12.6. The molecular formula is C20H20O4. The third kappa shape index (κ3) is 3.27. The monoisotopic (exact) mass is 324 g/mol. The summed E-state index contributed by atoms with van der Waals surface area (Å²) in [5, 5.41) is 0. The number of hydrogen-bond acceptors (Lipinski definition) is 4. The summed E-state index contributed by atoms with van der Waals surface area (Å²) in [6.45, 7) is 8.27. The van der Waals surface area contributed by atoms with E-state index in [-0.39, 0.29) is 11.5 Å². The summed E-state index contributed by atoms with van der Waals surface area (Å²) in [5.74, 6) is 2.74. The first kappa shape index (κ1) is 16.1. The minimum absolute atomic E-state index is 0.132. The van der Waals surface area contributed by atoms with E-state index in [9.17, 15) is 4.79 Å². The Morgan fingerprint density at radius 3 is 2.67 bits per heavy atom. The van der Waals surface area contributed by atoms with Crippen molar-refractivity contribution in [3.05, 3.63) is 64.3 Å². The molecule has 0 spiro atoms. The summed E-state index contributed by atoms with van der Waals surface area (Å²) < 4.78 is 16.9. The Balaban J connectivity index is 1.86. The fraction of sp³-hybridized carbons (Fsp3) is 0.250. The van der Waals surface area contributed by atoms with Crippen LogP contribution in [0, 0.1) is 13.8 Å². The van der Waals surface area contributed by atoms with Crippen molar-refractivity contribution < 1.29 is 18.7 Å². The van der Waals surface area contributed by atoms with Gasteiger partial charge in [0.05, 0.1) is 5.56 Å². The van der Waals surface area contributed by atoms with Crippen LogP contribution in [0.3, 0.4) is 0 Å². The minimum Gasteiger partial charge on any atom is -0.489 e. The predicted octanol–water partition coefficient (Wildman–Crippen LogP) is 4.86. The number of Topliss-reactive ketones (excluding diaryl/α,β-unsaturated/α-hetero) is 1. The lowest BCUT2D eigenvalue weighted by atomic mass is 10.0. The largest absolute Gasteiger partial charge is 0.489 e. The van der Waals surface area contributed by atoms with E-state index in [4.69, 9.17) is 13.9 Å². The van der Waals surface area contributed by atoms with Gasteiger partial charge in [-0.1, -0.05) is 5.57 Å². The van der Waals surface area contributed by atoms with E-state index in [2.05, 4.69) is 0 Å². The molecule has 0 unspecified atom stereocenters. The highest BCUT2D eigenvalue weighted by Crippen LogP contribution is 2.37. The quantitative estimate of drug-likeness (QED) is 0.595. The van der Waals surface area contributed by atoms with Crippen LogP contribution in [-0.4, -0.2) is 12.4 Å². The zero-order valence-electron chi connectivity index (χ0n) is 14.3. The SMILES string of the molecule is CC(C)=CCOc1cc(C)c2c(c1)O/C(=C\c1ccc(C)o1)C2=O. The number of furan rings is 1. The molecule has 124 valence electrons. The highest BCUT2D eigenvalue weighted by atomic mass is 16.5. The molecule has 0 fully saturated rings. The molecule has 24 heavy (non-hydrogen) atoms. The van der Waals surface area contributed by atoms with E-state index in [1.54, 1.807) is 12.1 Å². The fourth-order valence-corrected chi connectivity index (χ4v) is 2.53. The van der Waals surface area contributed by atoms with Crippen LogP contribution in [0.15, 0.2) is 46.1 Å². The van der Waals surface area contributed by atoms with Crippen molar-refractivity contribution >= 4 is 11.9 Å². The summed E-state index contributed by atoms with van der Waals surface area (Å²) in [6, 6.07) is 7.27. The molecule has 4 heteroatoms. The van der Waals surface area contributed by atoms with Crippen LogP contribution in [0.2, 0.25) is 0 Å². The second-order valence-corrected chi connectivity index (χ2v) is 6.09. The Hall–Kier alpha value is -2.75. The van der Waals surface area contributed by atoms with Crippen molar-refractivity contribution in [2.24, 2.45) is 0 Å². The minimum atomic E-state index is -0.132. The maximum atomic E-state index is 12.6. The van der Waals surface area contributed by atoms with Gasteiger partial charge < -0.3 is 13.9 Å². The highest BCUT2D eigenvalue weighted by Gasteiger charge is 2.30. The van der Waals surface area contributed by atoms with Gasteiger partial charge in [-0.2, -0.15) is 0 Å². The van der Waals surface area contributed by atoms with E-state index in [0.717, 1.165) is 11.3 Å². The topological polar surface area (TPSA) is 48.7 Å². The van der Waals surface area contributed by atoms with Gasteiger partial charge in [-0.05, 0) is 57.5 Å². The number of carbonyl (C=O) groups excluding carboxylic acids is 1. The number of rotatable bonds is 4. The molecule has 1 aliphatic rings. The average Bonchev–Trinajstić information content (AvgIpc) is 3.03. The van der Waals surface area contributed by atoms with Crippen molar-refractivity contribution in [1.29, 1.82) is 0 Å². The van der Waals surface area contributed by atoms with Gasteiger partial charge in [0.2, 0.25) is 5.78 Å². The molecule has 4 nitrogen and oxygen atoms in total. The van der Waals surface area contributed by atoms with Crippen LogP contribution in [0.4, 0.5) is 0 Å². The lowest BCUT2D eigenvalue weighted by Crippen LogP contribution is -1.99. The molecule has 2 aromatic rings. The lowest BCUT2D eigenvalue weighted by molar-refractivity contribution is 0.101. The zero-order valence-corrected chi connectivity index (χ0v) is 14.3. The van der Waals surface area contributed by atoms with Crippen LogP contribution in [0.25, 0.3) is 6.08 Å². The van der Waals surface area contributed by atoms with Gasteiger partial charge in [0.25, 0.3) is 0 Å². The number of ketones is 1. The Morgan fingerprint density at radius 2 is 2.00 bits per heavy atom. The van der Waals surface area contributed by atoms with Gasteiger partial charge in [0, 0.05) is 12.1 Å². The first-order chi connectivity index (χ1) is 11.4. The summed E-state index contributed by atoms with van der Waals surface area (Å²) >= 11 is 0. The van der Waals surface area contributed by atoms with Crippen molar-refractivity contribution in [3.63, 3.8) is 0 Å². The van der Waals surface area contributed by atoms with Crippen LogP contribution < -0.4 is 9.47 Å². The molecule has 0 radical (unpaired) electrons. The number of benzene rings is 1. The third-order valence-electron chi connectivity index (χ3n) is 3.72. The van der Waals surface area contributed by atoms with Crippen LogP contribution in [0.5, 0.6) is 11.5 Å². The van der Waals surface area contributed by atoms with E-state index < -0.39 is 0 Å². The Labute approximate surface area is 141 Å². The normalized spacial score (nSPS) is 14.5. The zero-order chi connectivity index (χ0) is 17.3. The highest BCUT2D eigenvalue weighted by molar-refractivity contribution is 6.15. The summed E-state index contributed by atoms with van der Waals surface area (Å²) in [7, 11) is 0. The summed E-state index contributed by atoms with van der Waals surface area (Å²) in [4.78, 5) is 12.6. The van der Waals surface area contributed by atoms with E-state index in [1.165, 1.54) is 5.57 Å². The smallest absolute Gasteiger partial charge is 0.232 e. The molecular weight excluding hydrogens is 304 g/mol. The van der Waals surface area contributed by atoms with Crippen molar-refractivity contribution in [2.75, 3.05) is 6.61 Å². The van der Waals surface area contributed by atoms with Gasteiger partial charge in [-0.25, -0.2) is 0 Å². The molecule has 0 aliphatic carbocycles. The van der Waals surface area contributed by atoms with Crippen molar-refractivity contribution in [3.8, 4) is 11.5 Å². The lowest BCUT2D eigenvalue weighted by Gasteiger charge is -2.07. The predicted molar refractivity (Wildman–Crippen MR) is 92.5 cm³/mol. The van der Waals surface area contributed by atoms with E-state index in [1.807, 2.05) is 52.0 Å². The van der Waals surface area contributed by atoms with Crippen molar-refractivity contribution in [2.45, 2.75) is 27.7 Å². The number of carbonyl (C=O) groups is 1. The Bertz CT molecular complexity index is 849. The Kier molecular flexibility index (Phi) is 4.30. The fourth-order valence-electron chi connectivity index (χ4n) is 2.53. The van der Waals surface area contributed by atoms with Gasteiger partial charge in [-0.15, -0.1) is 0 Å². The molecule has 1 aromatic heterocycles. The molecule has 0 amide bonds. The second kappa shape index (κ2) is 6.40. The molecule has 0 saturated heterocycles. The van der Waals surface area contributed by atoms with E-state index in [0.29, 0.717) is 29.4 Å². The van der Waals surface area contributed by atoms with E-state index >= 15 is 0 Å². The number of fused-ring (bicyclic) bond motifs is 1. The van der Waals surface area contributed by atoms with Gasteiger partial charge in [-0.3, -0.25) is 4.79 Å². The molecule has 2 heterocycles. The number of ether oxygens (including phenoxy) is 2. The van der Waals surface area contributed by atoms with Gasteiger partial charge in [0.1, 0.15) is 29.6 Å². The molecule has 1 aliphatic heterocycles. The number of aryl methyl sites for hydroxylation is 2. The molecule has 0 bridgehead atoms. The second-order valence-electron chi connectivity index (χ2n) is 6.09. The summed E-state index contributed by atoms with van der Waals surface area (Å²) in [6.07, 6.45) is 3.62. The molecule has 0 saturated carbocycles. The number of allylic oxidation sites excluding steroid dienone is 2. The third-order valence-corrected chi connectivity index (χ3v) is 3.72. The van der Waals surface area contributed by atoms with Crippen LogP contribution >= 0.6 is 0 Å². The molecule has 0 atom stereocenters. The Morgan fingerprint density at radius 1 is 1.21 bits per heavy atom. The van der Waals surface area contributed by atoms with Crippen molar-refractivity contribution in [1.82, 2.24) is 0 Å². The standard InChI is InChI=1S/C20H20O4/c1-12(2)7-8-22-16-9-13(3)19-17(11-16)24-18(20(19)21)10-15-6-5-14(4)23-15/h5-7,9-11H,8H2,1-4H3/b18-10-. The first-order valence-electron chi connectivity index (χ1n) is 7.85. The summed E-state index contributed by atoms with van der Waals surface area (Å²) in [5.41, 5.74) is 2.61. The molecule has 1 aromatic carbocycles. The van der Waals surface area contributed by atoms with Gasteiger partial charge in [0.15, 0.2) is 5.76 Å². The average molecular weight is 324 g/mol. The van der Waals surface area contributed by atoms with Crippen LogP contribution in [0.1, 0.15) is 41.3 Å². The van der Waals surface area contributed by atoms with Crippen LogP contribution in [-0.2, 0) is 0 Å². The first-order valence-corrected chi connectivity index (χ1v) is 7.85. The van der Waals surface area contributed by atoms with Gasteiger partial charge >= 0.3 is 0 Å². The maximum Gasteiger partial charge on any atom is 0.232 e.